The smallest absolute Gasteiger partial charge is 0.339 e. The summed E-state index contributed by atoms with van der Waals surface area (Å²) in [6, 6.07) is 27.7. The molecule has 0 unspecified atom stereocenters. The van der Waals surface area contributed by atoms with E-state index in [1.54, 1.807) is 38.1 Å². The predicted molar refractivity (Wildman–Crippen MR) is 177 cm³/mol. The summed E-state index contributed by atoms with van der Waals surface area (Å²) in [4.78, 5) is 17.5. The van der Waals surface area contributed by atoms with Gasteiger partial charge in [0.25, 0.3) is 0 Å². The lowest BCUT2D eigenvalue weighted by Crippen LogP contribution is -2.19. The number of nitrogens with zero attached hydrogens (tertiary/aromatic N) is 1. The summed E-state index contributed by atoms with van der Waals surface area (Å²) in [5, 5.41) is 11.2. The molecule has 5 aromatic rings. The van der Waals surface area contributed by atoms with Gasteiger partial charge in [-0.05, 0) is 97.1 Å². The number of halogens is 2. The minimum absolute atomic E-state index is 0.128. The van der Waals surface area contributed by atoms with E-state index in [2.05, 4.69) is 0 Å². The van der Waals surface area contributed by atoms with Crippen LogP contribution in [-0.4, -0.2) is 35.9 Å². The highest BCUT2D eigenvalue weighted by Gasteiger charge is 2.29. The molecular formula is C39H37F2NO5. The number of aliphatic hydroxyl groups is 1. The topological polar surface area (TPSA) is 77.9 Å². The number of ether oxygens (including phenoxy) is 3. The van der Waals surface area contributed by atoms with Crippen molar-refractivity contribution in [3.8, 4) is 33.8 Å². The number of carbonyl (C=O) groups excluding carboxylic acids is 1. The average Bonchev–Trinajstić information content (AvgIpc) is 3.07. The van der Waals surface area contributed by atoms with Crippen LogP contribution in [0.5, 0.6) is 11.5 Å². The maximum absolute atomic E-state index is 13.2. The van der Waals surface area contributed by atoms with E-state index in [0.717, 1.165) is 33.5 Å². The molecule has 0 spiro atoms. The molecule has 0 bridgehead atoms. The fourth-order valence-corrected chi connectivity index (χ4v) is 5.50. The maximum Gasteiger partial charge on any atom is 0.339 e. The first-order valence-electron chi connectivity index (χ1n) is 15.5. The molecule has 8 heteroatoms. The van der Waals surface area contributed by atoms with E-state index in [4.69, 9.17) is 19.2 Å². The molecule has 1 atom stereocenters. The molecule has 0 aliphatic heterocycles. The second-order valence-electron chi connectivity index (χ2n) is 11.1. The Balaban J connectivity index is 1.42. The zero-order chi connectivity index (χ0) is 33.3. The van der Waals surface area contributed by atoms with Gasteiger partial charge in [0.1, 0.15) is 23.1 Å². The summed E-state index contributed by atoms with van der Waals surface area (Å²) in [6.45, 7) is 6.32. The van der Waals surface area contributed by atoms with E-state index in [0.29, 0.717) is 54.4 Å². The molecule has 0 aliphatic carbocycles. The minimum Gasteiger partial charge on any atom is -0.493 e. The molecule has 1 N–H and O–H groups in total. The van der Waals surface area contributed by atoms with Crippen molar-refractivity contribution in [2.75, 3.05) is 19.8 Å². The number of hydrogen-bond acceptors (Lipinski definition) is 6. The zero-order valence-electron chi connectivity index (χ0n) is 26.6. The van der Waals surface area contributed by atoms with Crippen LogP contribution in [0.1, 0.15) is 41.1 Å². The molecule has 0 saturated carbocycles. The lowest BCUT2D eigenvalue weighted by molar-refractivity contribution is -0.153. The number of pyridine rings is 1. The Bertz CT molecular complexity index is 1790. The molecule has 242 valence electrons. The molecular weight excluding hydrogens is 600 g/mol. The van der Waals surface area contributed by atoms with Gasteiger partial charge in [-0.25, -0.2) is 13.6 Å². The van der Waals surface area contributed by atoms with Crippen LogP contribution in [0, 0.1) is 25.5 Å². The Kier molecular flexibility index (Phi) is 11.0. The van der Waals surface area contributed by atoms with Crippen LogP contribution in [0.25, 0.3) is 22.3 Å². The predicted octanol–water partition coefficient (Wildman–Crippen LogP) is 8.15. The van der Waals surface area contributed by atoms with Crippen LogP contribution < -0.4 is 9.47 Å². The Labute approximate surface area is 273 Å². The van der Waals surface area contributed by atoms with E-state index in [9.17, 15) is 18.7 Å². The van der Waals surface area contributed by atoms with Gasteiger partial charge in [-0.3, -0.25) is 4.98 Å². The first-order chi connectivity index (χ1) is 22.7. The molecule has 47 heavy (non-hydrogen) atoms. The molecule has 0 amide bonds. The van der Waals surface area contributed by atoms with Gasteiger partial charge in [0.2, 0.25) is 0 Å². The molecule has 1 heterocycles. The number of carbonyl (C=O) groups is 1. The maximum atomic E-state index is 13.2. The van der Waals surface area contributed by atoms with Crippen molar-refractivity contribution in [3.05, 3.63) is 137 Å². The minimum atomic E-state index is -1.54. The molecule has 6 nitrogen and oxygen atoms in total. The van der Waals surface area contributed by atoms with E-state index in [-0.39, 0.29) is 18.2 Å². The van der Waals surface area contributed by atoms with Crippen molar-refractivity contribution in [1.29, 1.82) is 0 Å². The summed E-state index contributed by atoms with van der Waals surface area (Å²) < 4.78 is 43.6. The van der Waals surface area contributed by atoms with Gasteiger partial charge in [-0.15, -0.1) is 0 Å². The van der Waals surface area contributed by atoms with E-state index in [1.165, 1.54) is 24.3 Å². The highest BCUT2D eigenvalue weighted by atomic mass is 19.1. The number of rotatable bonds is 13. The average molecular weight is 638 g/mol. The molecule has 0 aliphatic rings. The SMILES string of the molecule is CCOC(=O)[C@@H](O)c1c(C)nc(C)c(-c2ccc(OCCc3ccc(F)cc3)cc2)c1-c1ccc(OCCc2ccc(F)cc2)cc1. The van der Waals surface area contributed by atoms with E-state index < -0.39 is 12.1 Å². The second-order valence-corrected chi connectivity index (χ2v) is 11.1. The number of aliphatic hydroxyl groups excluding tert-OH is 1. The van der Waals surface area contributed by atoms with Crippen LogP contribution in [0.4, 0.5) is 8.78 Å². The standard InChI is InChI=1S/C39H37F2NO5/c1-4-45-39(44)38(43)36-26(3)42-25(2)35(29-9-17-33(18-10-29)46-23-21-27-5-13-31(40)14-6-27)37(36)30-11-19-34(20-12-30)47-24-22-28-7-15-32(41)16-8-28/h5-20,38,43H,4,21-24H2,1-3H3/t38-/m0/s1. The Morgan fingerprint density at radius 1 is 0.681 bits per heavy atom. The third-order valence-electron chi connectivity index (χ3n) is 7.82. The van der Waals surface area contributed by atoms with Gasteiger partial charge in [0, 0.05) is 35.4 Å². The van der Waals surface area contributed by atoms with Gasteiger partial charge >= 0.3 is 5.97 Å². The number of aromatic nitrogens is 1. The molecule has 0 radical (unpaired) electrons. The van der Waals surface area contributed by atoms with Crippen molar-refractivity contribution >= 4 is 5.97 Å². The Morgan fingerprint density at radius 3 is 1.57 bits per heavy atom. The van der Waals surface area contributed by atoms with Crippen molar-refractivity contribution in [2.45, 2.75) is 39.7 Å². The van der Waals surface area contributed by atoms with E-state index >= 15 is 0 Å². The lowest BCUT2D eigenvalue weighted by atomic mass is 9.87. The number of benzene rings is 4. The second kappa shape index (κ2) is 15.5. The lowest BCUT2D eigenvalue weighted by Gasteiger charge is -2.22. The summed E-state index contributed by atoms with van der Waals surface area (Å²) >= 11 is 0. The fraction of sp³-hybridized carbons (Fsp3) is 0.231. The normalized spacial score (nSPS) is 11.6. The zero-order valence-corrected chi connectivity index (χ0v) is 26.6. The molecule has 0 fully saturated rings. The van der Waals surface area contributed by atoms with Gasteiger partial charge in [-0.2, -0.15) is 0 Å². The summed E-state index contributed by atoms with van der Waals surface area (Å²) in [5.41, 5.74) is 6.57. The van der Waals surface area contributed by atoms with Crippen LogP contribution in [0.3, 0.4) is 0 Å². The quantitative estimate of drug-likeness (QED) is 0.131. The number of esters is 1. The van der Waals surface area contributed by atoms with Crippen molar-refractivity contribution in [2.24, 2.45) is 0 Å². The summed E-state index contributed by atoms with van der Waals surface area (Å²) in [5.74, 6) is 0.0189. The summed E-state index contributed by atoms with van der Waals surface area (Å²) in [6.07, 6.45) is -0.289. The summed E-state index contributed by atoms with van der Waals surface area (Å²) in [7, 11) is 0. The number of aryl methyl sites for hydroxylation is 2. The Hall–Kier alpha value is -5.08. The van der Waals surface area contributed by atoms with Crippen LogP contribution in [0.2, 0.25) is 0 Å². The highest BCUT2D eigenvalue weighted by Crippen LogP contribution is 2.41. The molecule has 4 aromatic carbocycles. The van der Waals surface area contributed by atoms with Crippen LogP contribution >= 0.6 is 0 Å². The van der Waals surface area contributed by atoms with Gasteiger partial charge in [-0.1, -0.05) is 48.5 Å². The van der Waals surface area contributed by atoms with Crippen molar-refractivity contribution in [1.82, 2.24) is 4.98 Å². The molecule has 5 rings (SSSR count). The van der Waals surface area contributed by atoms with Gasteiger partial charge < -0.3 is 19.3 Å². The van der Waals surface area contributed by atoms with E-state index in [1.807, 2.05) is 55.5 Å². The van der Waals surface area contributed by atoms with Gasteiger partial charge in [0.15, 0.2) is 6.10 Å². The fourth-order valence-electron chi connectivity index (χ4n) is 5.50. The third kappa shape index (κ3) is 8.40. The third-order valence-corrected chi connectivity index (χ3v) is 7.82. The first kappa shape index (κ1) is 33.3. The molecule has 1 aromatic heterocycles. The van der Waals surface area contributed by atoms with Crippen molar-refractivity contribution in [3.63, 3.8) is 0 Å². The van der Waals surface area contributed by atoms with Gasteiger partial charge in [0.05, 0.1) is 19.8 Å². The van der Waals surface area contributed by atoms with Crippen LogP contribution in [-0.2, 0) is 22.4 Å². The monoisotopic (exact) mass is 637 g/mol. The molecule has 0 saturated heterocycles. The van der Waals surface area contributed by atoms with Crippen LogP contribution in [0.15, 0.2) is 97.1 Å². The van der Waals surface area contributed by atoms with Crippen molar-refractivity contribution < 1.29 is 32.9 Å². The number of hydrogen-bond donors (Lipinski definition) is 1. The first-order valence-corrected chi connectivity index (χ1v) is 15.5. The highest BCUT2D eigenvalue weighted by molar-refractivity contribution is 5.91. The largest absolute Gasteiger partial charge is 0.493 e. The Morgan fingerprint density at radius 2 is 1.13 bits per heavy atom.